The summed E-state index contributed by atoms with van der Waals surface area (Å²) in [7, 11) is 0. The van der Waals surface area contributed by atoms with E-state index < -0.39 is 0 Å². The van der Waals surface area contributed by atoms with Crippen molar-refractivity contribution in [2.24, 2.45) is 0 Å². The Kier molecular flexibility index (Phi) is 2.39. The van der Waals surface area contributed by atoms with Gasteiger partial charge in [0, 0.05) is 28.2 Å². The summed E-state index contributed by atoms with van der Waals surface area (Å²) >= 11 is 0. The minimum absolute atomic E-state index is 0.535. The molecule has 4 nitrogen and oxygen atoms in total. The van der Waals surface area contributed by atoms with Crippen LogP contribution < -0.4 is 0 Å². The summed E-state index contributed by atoms with van der Waals surface area (Å²) < 4.78 is 5.36. The molecule has 0 aliphatic carbocycles. The van der Waals surface area contributed by atoms with Crippen molar-refractivity contribution in [1.82, 2.24) is 15.1 Å². The molecule has 0 amide bonds. The molecule has 4 aromatic rings. The Balaban J connectivity index is 1.84. The zero-order valence-corrected chi connectivity index (χ0v) is 10.6. The van der Waals surface area contributed by atoms with Crippen LogP contribution in [-0.4, -0.2) is 15.1 Å². The largest absolute Gasteiger partial charge is 0.361 e. The second-order valence-corrected chi connectivity index (χ2v) is 4.53. The first kappa shape index (κ1) is 11.0. The number of aromatic amines is 1. The molecule has 0 fully saturated rings. The molecule has 4 heteroatoms. The Bertz CT molecular complexity index is 861. The molecule has 20 heavy (non-hydrogen) atoms. The first-order valence-corrected chi connectivity index (χ1v) is 6.37. The third kappa shape index (κ3) is 1.70. The van der Waals surface area contributed by atoms with Gasteiger partial charge in [0.05, 0.1) is 0 Å². The number of hydrogen-bond donors (Lipinski definition) is 1. The van der Waals surface area contributed by atoms with Crippen LogP contribution >= 0.6 is 0 Å². The lowest BCUT2D eigenvalue weighted by molar-refractivity contribution is 0.432. The molecular weight excluding hydrogens is 250 g/mol. The predicted octanol–water partition coefficient (Wildman–Crippen LogP) is 3.88. The van der Waals surface area contributed by atoms with E-state index in [2.05, 4.69) is 15.1 Å². The Morgan fingerprint density at radius 2 is 1.80 bits per heavy atom. The summed E-state index contributed by atoms with van der Waals surface area (Å²) in [6.45, 7) is 0. The Morgan fingerprint density at radius 1 is 0.900 bits per heavy atom. The topological polar surface area (TPSA) is 54.7 Å². The van der Waals surface area contributed by atoms with E-state index in [1.54, 1.807) is 0 Å². The van der Waals surface area contributed by atoms with Crippen molar-refractivity contribution in [2.45, 2.75) is 0 Å². The molecule has 2 aromatic heterocycles. The van der Waals surface area contributed by atoms with E-state index in [-0.39, 0.29) is 0 Å². The van der Waals surface area contributed by atoms with Gasteiger partial charge in [-0.05, 0) is 24.3 Å². The smallest absolute Gasteiger partial charge is 0.258 e. The first-order chi connectivity index (χ1) is 9.92. The quantitative estimate of drug-likeness (QED) is 0.595. The fourth-order valence-electron chi connectivity index (χ4n) is 2.31. The first-order valence-electron chi connectivity index (χ1n) is 6.37. The highest BCUT2D eigenvalue weighted by atomic mass is 16.5. The lowest BCUT2D eigenvalue weighted by atomic mass is 10.1. The molecule has 0 saturated carbocycles. The van der Waals surface area contributed by atoms with Crippen LogP contribution in [0.3, 0.4) is 0 Å². The molecule has 0 spiro atoms. The van der Waals surface area contributed by atoms with Gasteiger partial charge in [-0.3, -0.25) is 0 Å². The standard InChI is InChI=1S/C16H11N3O/c1-2-5-11(6-3-1)16-18-15(19-20-16)13-7-4-8-14-12(13)9-10-17-14/h1-10,17H. The number of nitrogens with one attached hydrogen (secondary N) is 1. The van der Waals surface area contributed by atoms with Gasteiger partial charge in [0.1, 0.15) is 0 Å². The van der Waals surface area contributed by atoms with Crippen LogP contribution in [0.15, 0.2) is 65.3 Å². The zero-order valence-electron chi connectivity index (χ0n) is 10.6. The summed E-state index contributed by atoms with van der Waals surface area (Å²) in [6.07, 6.45) is 1.91. The van der Waals surface area contributed by atoms with Crippen molar-refractivity contribution in [2.75, 3.05) is 0 Å². The highest BCUT2D eigenvalue weighted by Gasteiger charge is 2.12. The number of hydrogen-bond acceptors (Lipinski definition) is 3. The zero-order chi connectivity index (χ0) is 13.4. The van der Waals surface area contributed by atoms with Crippen molar-refractivity contribution in [3.63, 3.8) is 0 Å². The van der Waals surface area contributed by atoms with E-state index in [1.165, 1.54) is 0 Å². The SMILES string of the molecule is c1ccc(-c2nc(-c3cccc4[nH]ccc34)no2)cc1. The maximum Gasteiger partial charge on any atom is 0.258 e. The van der Waals surface area contributed by atoms with Crippen LogP contribution in [0.5, 0.6) is 0 Å². The Morgan fingerprint density at radius 3 is 2.70 bits per heavy atom. The van der Waals surface area contributed by atoms with Crippen LogP contribution in [-0.2, 0) is 0 Å². The lowest BCUT2D eigenvalue weighted by Crippen LogP contribution is -1.82. The number of H-pyrrole nitrogens is 1. The normalized spacial score (nSPS) is 11.0. The summed E-state index contributed by atoms with van der Waals surface area (Å²) in [4.78, 5) is 7.67. The van der Waals surface area contributed by atoms with Crippen molar-refractivity contribution >= 4 is 10.9 Å². The van der Waals surface area contributed by atoms with Gasteiger partial charge >= 0.3 is 0 Å². The van der Waals surface area contributed by atoms with Crippen LogP contribution in [0.2, 0.25) is 0 Å². The van der Waals surface area contributed by atoms with Gasteiger partial charge in [0.15, 0.2) is 0 Å². The molecule has 0 atom stereocenters. The van der Waals surface area contributed by atoms with Gasteiger partial charge in [-0.1, -0.05) is 35.5 Å². The van der Waals surface area contributed by atoms with E-state index in [4.69, 9.17) is 4.52 Å². The van der Waals surface area contributed by atoms with Gasteiger partial charge in [-0.15, -0.1) is 0 Å². The predicted molar refractivity (Wildman–Crippen MR) is 77.0 cm³/mol. The highest BCUT2D eigenvalue weighted by molar-refractivity contribution is 5.93. The van der Waals surface area contributed by atoms with Crippen LogP contribution in [0, 0.1) is 0 Å². The molecule has 1 N–H and O–H groups in total. The van der Waals surface area contributed by atoms with Crippen molar-refractivity contribution in [3.8, 4) is 22.8 Å². The summed E-state index contributed by atoms with van der Waals surface area (Å²) in [5, 5.41) is 5.18. The van der Waals surface area contributed by atoms with Crippen molar-refractivity contribution < 1.29 is 4.52 Å². The van der Waals surface area contributed by atoms with Gasteiger partial charge in [0.25, 0.3) is 5.89 Å². The third-order valence-corrected chi connectivity index (χ3v) is 3.28. The number of nitrogens with zero attached hydrogens (tertiary/aromatic N) is 2. The molecule has 0 unspecified atom stereocenters. The molecule has 4 rings (SSSR count). The second-order valence-electron chi connectivity index (χ2n) is 4.53. The van der Waals surface area contributed by atoms with Crippen molar-refractivity contribution in [3.05, 3.63) is 60.8 Å². The Labute approximate surface area is 115 Å². The Hall–Kier alpha value is -2.88. The third-order valence-electron chi connectivity index (χ3n) is 3.28. The van der Waals surface area contributed by atoms with E-state index in [1.807, 2.05) is 60.8 Å². The van der Waals surface area contributed by atoms with E-state index in [9.17, 15) is 0 Å². The van der Waals surface area contributed by atoms with Crippen LogP contribution in [0.4, 0.5) is 0 Å². The van der Waals surface area contributed by atoms with E-state index in [0.29, 0.717) is 11.7 Å². The van der Waals surface area contributed by atoms with Crippen LogP contribution in [0.25, 0.3) is 33.7 Å². The molecule has 96 valence electrons. The monoisotopic (exact) mass is 261 g/mol. The number of rotatable bonds is 2. The lowest BCUT2D eigenvalue weighted by Gasteiger charge is -1.96. The molecule has 0 aliphatic rings. The molecule has 0 saturated heterocycles. The minimum atomic E-state index is 0.535. The summed E-state index contributed by atoms with van der Waals surface area (Å²) in [5.74, 6) is 1.14. The molecule has 0 aliphatic heterocycles. The number of fused-ring (bicyclic) bond motifs is 1. The van der Waals surface area contributed by atoms with Crippen LogP contribution in [0.1, 0.15) is 0 Å². The maximum absolute atomic E-state index is 5.36. The molecule has 0 bridgehead atoms. The van der Waals surface area contributed by atoms with E-state index in [0.717, 1.165) is 22.0 Å². The van der Waals surface area contributed by atoms with E-state index >= 15 is 0 Å². The number of aromatic nitrogens is 3. The van der Waals surface area contributed by atoms with Gasteiger partial charge in [0.2, 0.25) is 5.82 Å². The average molecular weight is 261 g/mol. The molecule has 2 aromatic carbocycles. The minimum Gasteiger partial charge on any atom is -0.361 e. The fraction of sp³-hybridized carbons (Fsp3) is 0. The van der Waals surface area contributed by atoms with Gasteiger partial charge in [-0.2, -0.15) is 4.98 Å². The van der Waals surface area contributed by atoms with Gasteiger partial charge in [-0.25, -0.2) is 0 Å². The highest BCUT2D eigenvalue weighted by Crippen LogP contribution is 2.27. The fourth-order valence-corrected chi connectivity index (χ4v) is 2.31. The summed E-state index contributed by atoms with van der Waals surface area (Å²) in [5.41, 5.74) is 2.95. The van der Waals surface area contributed by atoms with Gasteiger partial charge < -0.3 is 9.51 Å². The second kappa shape index (κ2) is 4.35. The summed E-state index contributed by atoms with van der Waals surface area (Å²) in [6, 6.07) is 17.8. The molecule has 2 heterocycles. The molecular formula is C16H11N3O. The molecule has 0 radical (unpaired) electrons. The average Bonchev–Trinajstić information content (AvgIpc) is 3.17. The van der Waals surface area contributed by atoms with Crippen molar-refractivity contribution in [1.29, 1.82) is 0 Å². The maximum atomic E-state index is 5.36. The number of benzene rings is 2.